The zero-order chi connectivity index (χ0) is 23.1. The van der Waals surface area contributed by atoms with Crippen molar-refractivity contribution >= 4 is 27.3 Å². The van der Waals surface area contributed by atoms with Crippen LogP contribution >= 0.6 is 11.3 Å². The highest BCUT2D eigenvalue weighted by atomic mass is 32.2. The van der Waals surface area contributed by atoms with E-state index in [1.165, 1.54) is 11.3 Å². The molecule has 174 valence electrons. The average molecular weight is 483 g/mol. The van der Waals surface area contributed by atoms with Crippen molar-refractivity contribution in [2.75, 3.05) is 13.1 Å². The van der Waals surface area contributed by atoms with Crippen LogP contribution in [0.15, 0.2) is 82.4 Å². The molecule has 1 fully saturated rings. The van der Waals surface area contributed by atoms with Crippen LogP contribution in [0.1, 0.15) is 49.1 Å². The van der Waals surface area contributed by atoms with Gasteiger partial charge in [0.05, 0.1) is 0 Å². The number of hydrogen-bond acceptors (Lipinski definition) is 4. The van der Waals surface area contributed by atoms with E-state index in [9.17, 15) is 13.2 Å². The molecule has 1 N–H and O–H groups in total. The lowest BCUT2D eigenvalue weighted by Crippen LogP contribution is -2.45. The van der Waals surface area contributed by atoms with Crippen molar-refractivity contribution in [2.24, 2.45) is 0 Å². The van der Waals surface area contributed by atoms with Crippen LogP contribution in [0.4, 0.5) is 0 Å². The SMILES string of the molecule is O=C(CC(c1ccccc1)c1ccccc1)NCCC1CCCCN1S(=O)(=O)c1cccs1. The minimum atomic E-state index is -3.47. The highest BCUT2D eigenvalue weighted by Crippen LogP contribution is 2.30. The third-order valence-corrected chi connectivity index (χ3v) is 9.55. The molecule has 3 aromatic rings. The summed E-state index contributed by atoms with van der Waals surface area (Å²) in [4.78, 5) is 12.9. The molecule has 1 aliphatic rings. The summed E-state index contributed by atoms with van der Waals surface area (Å²) in [6.45, 7) is 1.01. The highest BCUT2D eigenvalue weighted by Gasteiger charge is 2.33. The van der Waals surface area contributed by atoms with E-state index < -0.39 is 10.0 Å². The topological polar surface area (TPSA) is 66.5 Å². The maximum Gasteiger partial charge on any atom is 0.252 e. The lowest BCUT2D eigenvalue weighted by Gasteiger charge is -2.34. The van der Waals surface area contributed by atoms with Gasteiger partial charge in [-0.25, -0.2) is 8.42 Å². The summed E-state index contributed by atoms with van der Waals surface area (Å²) in [5.74, 6) is -0.0334. The van der Waals surface area contributed by atoms with Crippen molar-refractivity contribution < 1.29 is 13.2 Å². The number of carbonyl (C=O) groups is 1. The first kappa shape index (κ1) is 23.7. The monoisotopic (exact) mass is 482 g/mol. The van der Waals surface area contributed by atoms with E-state index >= 15 is 0 Å². The molecule has 0 aliphatic carbocycles. The van der Waals surface area contributed by atoms with Crippen LogP contribution in [-0.4, -0.2) is 37.8 Å². The number of nitrogens with zero attached hydrogens (tertiary/aromatic N) is 1. The Morgan fingerprint density at radius 1 is 0.970 bits per heavy atom. The first-order chi connectivity index (χ1) is 16.1. The summed E-state index contributed by atoms with van der Waals surface area (Å²) < 4.78 is 28.2. The Hall–Kier alpha value is -2.48. The highest BCUT2D eigenvalue weighted by molar-refractivity contribution is 7.91. The van der Waals surface area contributed by atoms with Gasteiger partial charge < -0.3 is 5.32 Å². The van der Waals surface area contributed by atoms with Gasteiger partial charge in [0.1, 0.15) is 4.21 Å². The fourth-order valence-electron chi connectivity index (χ4n) is 4.54. The van der Waals surface area contributed by atoms with Gasteiger partial charge in [-0.3, -0.25) is 4.79 Å². The van der Waals surface area contributed by atoms with Gasteiger partial charge in [-0.15, -0.1) is 11.3 Å². The molecule has 0 spiro atoms. The predicted molar refractivity (Wildman–Crippen MR) is 133 cm³/mol. The van der Waals surface area contributed by atoms with Gasteiger partial charge in [-0.05, 0) is 41.8 Å². The number of benzene rings is 2. The van der Waals surface area contributed by atoms with E-state index in [2.05, 4.69) is 29.6 Å². The quantitative estimate of drug-likeness (QED) is 0.466. The van der Waals surface area contributed by atoms with Gasteiger partial charge in [0, 0.05) is 31.5 Å². The molecule has 2 aromatic carbocycles. The summed E-state index contributed by atoms with van der Waals surface area (Å²) in [6.07, 6.45) is 3.70. The van der Waals surface area contributed by atoms with Gasteiger partial charge in [0.25, 0.3) is 10.0 Å². The van der Waals surface area contributed by atoms with Crippen molar-refractivity contribution in [3.05, 3.63) is 89.3 Å². The molecule has 0 bridgehead atoms. The second-order valence-corrected chi connectivity index (χ2v) is 11.5. The van der Waals surface area contributed by atoms with Crippen molar-refractivity contribution in [1.82, 2.24) is 9.62 Å². The summed E-state index contributed by atoms with van der Waals surface area (Å²) in [5.41, 5.74) is 2.22. The second kappa shape index (κ2) is 11.1. The van der Waals surface area contributed by atoms with Crippen LogP contribution in [0.3, 0.4) is 0 Å². The predicted octanol–water partition coefficient (Wildman–Crippen LogP) is 5.02. The minimum absolute atomic E-state index is 0.0159. The van der Waals surface area contributed by atoms with Crippen LogP contribution in [0.2, 0.25) is 0 Å². The molecule has 1 saturated heterocycles. The first-order valence-corrected chi connectivity index (χ1v) is 13.8. The Labute approximate surface area is 200 Å². The van der Waals surface area contributed by atoms with Gasteiger partial charge in [-0.1, -0.05) is 73.2 Å². The third kappa shape index (κ3) is 5.91. The van der Waals surface area contributed by atoms with E-state index in [0.717, 1.165) is 30.4 Å². The Balaban J connectivity index is 1.37. The Morgan fingerprint density at radius 3 is 2.24 bits per heavy atom. The number of nitrogens with one attached hydrogen (secondary N) is 1. The van der Waals surface area contributed by atoms with Crippen molar-refractivity contribution in [1.29, 1.82) is 0 Å². The molecule has 1 aliphatic heterocycles. The Morgan fingerprint density at radius 2 is 1.64 bits per heavy atom. The summed E-state index contributed by atoms with van der Waals surface area (Å²) in [5, 5.41) is 4.84. The number of sulfonamides is 1. The normalized spacial score (nSPS) is 17.2. The largest absolute Gasteiger partial charge is 0.356 e. The van der Waals surface area contributed by atoms with E-state index in [1.54, 1.807) is 21.8 Å². The van der Waals surface area contributed by atoms with Crippen LogP contribution in [0, 0.1) is 0 Å². The van der Waals surface area contributed by atoms with Crippen LogP contribution in [0.5, 0.6) is 0 Å². The number of piperidine rings is 1. The molecule has 0 radical (unpaired) electrons. The molecule has 4 rings (SSSR count). The van der Waals surface area contributed by atoms with Gasteiger partial charge >= 0.3 is 0 Å². The van der Waals surface area contributed by atoms with Crippen molar-refractivity contribution in [2.45, 2.75) is 48.3 Å². The molecule has 33 heavy (non-hydrogen) atoms. The molecule has 1 amide bonds. The third-order valence-electron chi connectivity index (χ3n) is 6.22. The molecule has 2 heterocycles. The minimum Gasteiger partial charge on any atom is -0.356 e. The van der Waals surface area contributed by atoms with Gasteiger partial charge in [0.15, 0.2) is 0 Å². The number of carbonyl (C=O) groups excluding carboxylic acids is 1. The van der Waals surface area contributed by atoms with E-state index in [1.807, 2.05) is 36.4 Å². The van der Waals surface area contributed by atoms with Crippen molar-refractivity contribution in [3.8, 4) is 0 Å². The average Bonchev–Trinajstić information content (AvgIpc) is 3.40. The van der Waals surface area contributed by atoms with E-state index in [4.69, 9.17) is 0 Å². The summed E-state index contributed by atoms with van der Waals surface area (Å²) >= 11 is 1.26. The lowest BCUT2D eigenvalue weighted by molar-refractivity contribution is -0.121. The smallest absolute Gasteiger partial charge is 0.252 e. The standard InChI is InChI=1S/C26H30N2O3S2/c29-25(20-24(21-10-3-1-4-11-21)22-12-5-2-6-13-22)27-17-16-23-14-7-8-18-28(23)33(30,31)26-15-9-19-32-26/h1-6,9-13,15,19,23-24H,7-8,14,16-18,20H2,(H,27,29). The fraction of sp³-hybridized carbons (Fsp3) is 0.346. The maximum absolute atomic E-state index is 13.1. The summed E-state index contributed by atoms with van der Waals surface area (Å²) in [7, 11) is -3.47. The van der Waals surface area contributed by atoms with Crippen LogP contribution in [0.25, 0.3) is 0 Å². The molecule has 1 unspecified atom stereocenters. The second-order valence-electron chi connectivity index (χ2n) is 8.41. The van der Waals surface area contributed by atoms with Gasteiger partial charge in [0.2, 0.25) is 5.91 Å². The molecular weight excluding hydrogens is 452 g/mol. The number of thiophene rings is 1. The summed E-state index contributed by atoms with van der Waals surface area (Å²) in [6, 6.07) is 23.5. The van der Waals surface area contributed by atoms with Crippen molar-refractivity contribution in [3.63, 3.8) is 0 Å². The molecule has 1 aromatic heterocycles. The fourth-order valence-corrected chi connectivity index (χ4v) is 7.38. The molecule has 1 atom stereocenters. The van der Waals surface area contributed by atoms with Crippen LogP contribution in [-0.2, 0) is 14.8 Å². The van der Waals surface area contributed by atoms with Crippen LogP contribution < -0.4 is 5.32 Å². The molecule has 7 heteroatoms. The Kier molecular flexibility index (Phi) is 7.96. The zero-order valence-corrected chi connectivity index (χ0v) is 20.2. The number of amides is 1. The number of hydrogen-bond donors (Lipinski definition) is 1. The molecule has 0 saturated carbocycles. The van der Waals surface area contributed by atoms with E-state index in [-0.39, 0.29) is 17.9 Å². The Bertz CT molecular complexity index is 1080. The molecule has 5 nitrogen and oxygen atoms in total. The number of rotatable bonds is 9. The van der Waals surface area contributed by atoms with Gasteiger partial charge in [-0.2, -0.15) is 4.31 Å². The molecular formula is C26H30N2O3S2. The lowest BCUT2D eigenvalue weighted by atomic mass is 9.88. The maximum atomic E-state index is 13.1. The first-order valence-electron chi connectivity index (χ1n) is 11.5. The van der Waals surface area contributed by atoms with E-state index in [0.29, 0.717) is 30.1 Å². The zero-order valence-electron chi connectivity index (χ0n) is 18.6.